The molecule has 0 N–H and O–H groups in total. The summed E-state index contributed by atoms with van der Waals surface area (Å²) >= 11 is 5.79. The third-order valence-corrected chi connectivity index (χ3v) is 2.76. The highest BCUT2D eigenvalue weighted by Crippen LogP contribution is 2.16. The van der Waals surface area contributed by atoms with Gasteiger partial charge in [0.25, 0.3) is 0 Å². The lowest BCUT2D eigenvalue weighted by Crippen LogP contribution is -2.05. The van der Waals surface area contributed by atoms with Gasteiger partial charge >= 0.3 is 0 Å². The largest absolute Gasteiger partial charge is 0.313 e. The van der Waals surface area contributed by atoms with Crippen molar-refractivity contribution < 1.29 is 0 Å². The molecule has 0 aliphatic heterocycles. The van der Waals surface area contributed by atoms with Gasteiger partial charge in [-0.15, -0.1) is 11.6 Å². The number of pyridine rings is 1. The molecule has 0 fully saturated rings. The number of alkyl halides is 1. The molecule has 2 aromatic rings. The van der Waals surface area contributed by atoms with Crippen molar-refractivity contribution in [3.8, 4) is 0 Å². The highest BCUT2D eigenvalue weighted by atomic mass is 35.5. The SMILES string of the molecule is CCCn1c(CCCl)nc2ccc(C)nc21. The molecule has 0 atom stereocenters. The molecule has 2 aromatic heterocycles. The van der Waals surface area contributed by atoms with Crippen LogP contribution < -0.4 is 0 Å². The van der Waals surface area contributed by atoms with E-state index in [1.165, 1.54) is 0 Å². The smallest absolute Gasteiger partial charge is 0.160 e. The van der Waals surface area contributed by atoms with Gasteiger partial charge in [-0.1, -0.05) is 6.92 Å². The van der Waals surface area contributed by atoms with Crippen LogP contribution >= 0.6 is 11.6 Å². The Hall–Kier alpha value is -1.09. The summed E-state index contributed by atoms with van der Waals surface area (Å²) in [6.07, 6.45) is 1.88. The minimum Gasteiger partial charge on any atom is -0.313 e. The fourth-order valence-corrected chi connectivity index (χ4v) is 2.05. The third-order valence-electron chi connectivity index (χ3n) is 2.58. The molecule has 0 aromatic carbocycles. The number of aryl methyl sites for hydroxylation is 3. The molecule has 0 saturated carbocycles. The van der Waals surface area contributed by atoms with Crippen molar-refractivity contribution >= 4 is 22.8 Å². The molecule has 0 unspecified atom stereocenters. The molecule has 0 aliphatic rings. The van der Waals surface area contributed by atoms with Gasteiger partial charge < -0.3 is 4.57 Å². The van der Waals surface area contributed by atoms with Crippen LogP contribution in [0.1, 0.15) is 24.9 Å². The van der Waals surface area contributed by atoms with Crippen LogP contribution in [0.2, 0.25) is 0 Å². The van der Waals surface area contributed by atoms with E-state index in [1.807, 2.05) is 19.1 Å². The monoisotopic (exact) mass is 237 g/mol. The zero-order valence-corrected chi connectivity index (χ0v) is 10.5. The van der Waals surface area contributed by atoms with Crippen LogP contribution in [-0.4, -0.2) is 20.4 Å². The predicted molar refractivity (Wildman–Crippen MR) is 67.0 cm³/mol. The van der Waals surface area contributed by atoms with E-state index in [0.29, 0.717) is 5.88 Å². The lowest BCUT2D eigenvalue weighted by atomic mass is 10.3. The fourth-order valence-electron chi connectivity index (χ4n) is 1.88. The Labute approximate surface area is 100 Å². The van der Waals surface area contributed by atoms with Gasteiger partial charge in [-0.3, -0.25) is 0 Å². The van der Waals surface area contributed by atoms with Crippen LogP contribution in [0.3, 0.4) is 0 Å². The fraction of sp³-hybridized carbons (Fsp3) is 0.500. The van der Waals surface area contributed by atoms with E-state index in [9.17, 15) is 0 Å². The van der Waals surface area contributed by atoms with Crippen LogP contribution in [0.5, 0.6) is 0 Å². The molecular formula is C12H16ClN3. The first-order valence-corrected chi connectivity index (χ1v) is 6.18. The van der Waals surface area contributed by atoms with Crippen LogP contribution in [0.15, 0.2) is 12.1 Å². The molecule has 4 heteroatoms. The number of hydrogen-bond donors (Lipinski definition) is 0. The molecule has 3 nitrogen and oxygen atoms in total. The predicted octanol–water partition coefficient (Wildman–Crippen LogP) is 2.93. The second-order valence-electron chi connectivity index (χ2n) is 3.91. The number of imidazole rings is 1. The molecule has 0 radical (unpaired) electrons. The molecule has 0 bridgehead atoms. The van der Waals surface area contributed by atoms with Gasteiger partial charge in [0.05, 0.1) is 0 Å². The number of aromatic nitrogens is 3. The second kappa shape index (κ2) is 4.83. The molecule has 86 valence electrons. The van der Waals surface area contributed by atoms with E-state index in [1.54, 1.807) is 0 Å². The normalized spacial score (nSPS) is 11.2. The Morgan fingerprint density at radius 3 is 2.81 bits per heavy atom. The highest BCUT2D eigenvalue weighted by molar-refractivity contribution is 6.17. The van der Waals surface area contributed by atoms with Crippen LogP contribution in [0.4, 0.5) is 0 Å². The van der Waals surface area contributed by atoms with Gasteiger partial charge in [-0.05, 0) is 25.5 Å². The summed E-state index contributed by atoms with van der Waals surface area (Å²) in [6.45, 7) is 5.12. The van der Waals surface area contributed by atoms with E-state index in [2.05, 4.69) is 21.5 Å². The average molecular weight is 238 g/mol. The van der Waals surface area contributed by atoms with Crippen LogP contribution in [0, 0.1) is 6.92 Å². The Morgan fingerprint density at radius 1 is 1.31 bits per heavy atom. The molecule has 0 spiro atoms. The maximum atomic E-state index is 5.79. The van der Waals surface area contributed by atoms with Crippen LogP contribution in [-0.2, 0) is 13.0 Å². The van der Waals surface area contributed by atoms with E-state index >= 15 is 0 Å². The third kappa shape index (κ3) is 2.05. The first-order valence-electron chi connectivity index (χ1n) is 5.65. The summed E-state index contributed by atoms with van der Waals surface area (Å²) in [5.74, 6) is 1.65. The summed E-state index contributed by atoms with van der Waals surface area (Å²) in [5.41, 5.74) is 2.99. The lowest BCUT2D eigenvalue weighted by molar-refractivity contribution is 0.655. The summed E-state index contributed by atoms with van der Waals surface area (Å²) in [6, 6.07) is 4.03. The Balaban J connectivity index is 2.57. The standard InChI is InChI=1S/C12H16ClN3/c1-3-8-16-11(6-7-13)15-10-5-4-9(2)14-12(10)16/h4-5H,3,6-8H2,1-2H3. The van der Waals surface area contributed by atoms with Crippen molar-refractivity contribution in [1.29, 1.82) is 0 Å². The highest BCUT2D eigenvalue weighted by Gasteiger charge is 2.10. The minimum atomic E-state index is 0.603. The summed E-state index contributed by atoms with van der Waals surface area (Å²) in [4.78, 5) is 9.13. The lowest BCUT2D eigenvalue weighted by Gasteiger charge is -2.05. The maximum absolute atomic E-state index is 5.79. The number of hydrogen-bond acceptors (Lipinski definition) is 2. The van der Waals surface area contributed by atoms with Crippen molar-refractivity contribution in [3.05, 3.63) is 23.7 Å². The first-order chi connectivity index (χ1) is 7.76. The second-order valence-corrected chi connectivity index (χ2v) is 4.29. The first kappa shape index (κ1) is 11.4. The van der Waals surface area contributed by atoms with Crippen molar-refractivity contribution in [2.75, 3.05) is 5.88 Å². The minimum absolute atomic E-state index is 0.603. The molecule has 0 aliphatic carbocycles. The van der Waals surface area contributed by atoms with E-state index < -0.39 is 0 Å². The zero-order valence-electron chi connectivity index (χ0n) is 9.70. The van der Waals surface area contributed by atoms with Crippen molar-refractivity contribution in [2.45, 2.75) is 33.2 Å². The molecule has 0 amide bonds. The topological polar surface area (TPSA) is 30.7 Å². The molecule has 2 rings (SSSR count). The van der Waals surface area contributed by atoms with E-state index in [-0.39, 0.29) is 0 Å². The zero-order chi connectivity index (χ0) is 11.5. The number of rotatable bonds is 4. The summed E-state index contributed by atoms with van der Waals surface area (Å²) in [5, 5.41) is 0. The number of halogens is 1. The molecule has 0 saturated heterocycles. The molecule has 16 heavy (non-hydrogen) atoms. The van der Waals surface area contributed by atoms with Crippen molar-refractivity contribution in [2.24, 2.45) is 0 Å². The molecular weight excluding hydrogens is 222 g/mol. The van der Waals surface area contributed by atoms with Gasteiger partial charge in [0.1, 0.15) is 11.3 Å². The van der Waals surface area contributed by atoms with E-state index in [0.717, 1.165) is 42.1 Å². The number of fused-ring (bicyclic) bond motifs is 1. The maximum Gasteiger partial charge on any atom is 0.160 e. The van der Waals surface area contributed by atoms with Gasteiger partial charge in [0.2, 0.25) is 0 Å². The van der Waals surface area contributed by atoms with Gasteiger partial charge in [0, 0.05) is 24.5 Å². The Kier molecular flexibility index (Phi) is 3.44. The Morgan fingerprint density at radius 2 is 2.12 bits per heavy atom. The van der Waals surface area contributed by atoms with Gasteiger partial charge in [0.15, 0.2) is 5.65 Å². The summed E-state index contributed by atoms with van der Waals surface area (Å²) in [7, 11) is 0. The van der Waals surface area contributed by atoms with Gasteiger partial charge in [-0.25, -0.2) is 9.97 Å². The Bertz CT molecular complexity index is 490. The summed E-state index contributed by atoms with van der Waals surface area (Å²) < 4.78 is 2.19. The van der Waals surface area contributed by atoms with Gasteiger partial charge in [-0.2, -0.15) is 0 Å². The quantitative estimate of drug-likeness (QED) is 0.766. The van der Waals surface area contributed by atoms with Crippen molar-refractivity contribution in [1.82, 2.24) is 14.5 Å². The average Bonchev–Trinajstić information content (AvgIpc) is 2.58. The molecule has 2 heterocycles. The van der Waals surface area contributed by atoms with Crippen LogP contribution in [0.25, 0.3) is 11.2 Å². The van der Waals surface area contributed by atoms with E-state index in [4.69, 9.17) is 11.6 Å². The van der Waals surface area contributed by atoms with Crippen molar-refractivity contribution in [3.63, 3.8) is 0 Å². The number of nitrogens with zero attached hydrogens (tertiary/aromatic N) is 3.